The second-order valence-corrected chi connectivity index (χ2v) is 7.50. The Labute approximate surface area is 136 Å². The zero-order valence-corrected chi connectivity index (χ0v) is 14.9. The van der Waals surface area contributed by atoms with Crippen molar-refractivity contribution in [2.24, 2.45) is 5.92 Å². The van der Waals surface area contributed by atoms with Crippen LogP contribution in [0.15, 0.2) is 0 Å². The molecule has 1 aliphatic carbocycles. The van der Waals surface area contributed by atoms with Gasteiger partial charge in [0, 0.05) is 5.92 Å². The van der Waals surface area contributed by atoms with Crippen molar-refractivity contribution < 1.29 is 32.3 Å². The van der Waals surface area contributed by atoms with Crippen LogP contribution >= 0.6 is 7.60 Å². The van der Waals surface area contributed by atoms with Crippen molar-refractivity contribution >= 4 is 19.3 Å². The number of carbonyl (C=O) groups excluding carboxylic acids is 2. The topological polar surface area (TPSA) is 78.9 Å². The normalized spacial score (nSPS) is 19.1. The van der Waals surface area contributed by atoms with Crippen molar-refractivity contribution in [2.45, 2.75) is 58.3 Å². The average Bonchev–Trinajstić information content (AvgIpc) is 2.54. The average molecular weight is 352 g/mol. The van der Waals surface area contributed by atoms with Gasteiger partial charge in [-0.15, -0.1) is 0 Å². The highest BCUT2D eigenvalue weighted by Gasteiger charge is 2.66. The molecule has 0 N–H and O–H groups in total. The maximum absolute atomic E-state index is 15.6. The van der Waals surface area contributed by atoms with E-state index in [1.807, 2.05) is 0 Å². The number of hydrogen-bond acceptors (Lipinski definition) is 6. The Balaban J connectivity index is 3.26. The Bertz CT molecular complexity index is 453. The number of Topliss-reactive ketones (excluding diaryl/α,β-unsaturated/α-hetero) is 1. The lowest BCUT2D eigenvalue weighted by molar-refractivity contribution is -0.158. The van der Waals surface area contributed by atoms with Crippen molar-refractivity contribution in [2.75, 3.05) is 19.8 Å². The largest absolute Gasteiger partial charge is 0.463 e. The van der Waals surface area contributed by atoms with E-state index in [1.165, 1.54) is 20.8 Å². The van der Waals surface area contributed by atoms with Gasteiger partial charge in [-0.25, -0.2) is 9.18 Å². The number of ether oxygens (including phenoxy) is 1. The second-order valence-electron chi connectivity index (χ2n) is 5.37. The quantitative estimate of drug-likeness (QED) is 0.358. The molecule has 8 heteroatoms. The molecular weight excluding hydrogens is 326 g/mol. The van der Waals surface area contributed by atoms with E-state index in [1.54, 1.807) is 0 Å². The van der Waals surface area contributed by atoms with Crippen LogP contribution in [0.2, 0.25) is 0 Å². The first-order valence-corrected chi connectivity index (χ1v) is 9.71. The fraction of sp³-hybridized carbons (Fsp3) is 0.867. The molecule has 1 unspecified atom stereocenters. The van der Waals surface area contributed by atoms with E-state index in [0.29, 0.717) is 12.8 Å². The highest BCUT2D eigenvalue weighted by Crippen LogP contribution is 2.63. The van der Waals surface area contributed by atoms with Crippen molar-refractivity contribution in [3.63, 3.8) is 0 Å². The van der Waals surface area contributed by atoms with E-state index in [0.717, 1.165) is 19.3 Å². The molecule has 0 aliphatic heterocycles. The number of halogens is 1. The summed E-state index contributed by atoms with van der Waals surface area (Å²) in [7, 11) is -4.64. The van der Waals surface area contributed by atoms with Gasteiger partial charge in [-0.1, -0.05) is 19.3 Å². The van der Waals surface area contributed by atoms with Gasteiger partial charge in [-0.05, 0) is 33.6 Å². The molecule has 0 spiro atoms. The molecule has 0 aromatic heterocycles. The van der Waals surface area contributed by atoms with Gasteiger partial charge < -0.3 is 13.8 Å². The summed E-state index contributed by atoms with van der Waals surface area (Å²) in [6, 6.07) is 0. The van der Waals surface area contributed by atoms with Crippen molar-refractivity contribution in [3.8, 4) is 0 Å². The monoisotopic (exact) mass is 352 g/mol. The van der Waals surface area contributed by atoms with E-state index in [4.69, 9.17) is 13.8 Å². The molecule has 0 amide bonds. The van der Waals surface area contributed by atoms with Crippen LogP contribution in [0.25, 0.3) is 0 Å². The molecule has 134 valence electrons. The summed E-state index contributed by atoms with van der Waals surface area (Å²) >= 11 is 0. The number of rotatable bonds is 9. The second kappa shape index (κ2) is 8.90. The lowest BCUT2D eigenvalue weighted by Crippen LogP contribution is -2.48. The van der Waals surface area contributed by atoms with Crippen LogP contribution in [-0.2, 0) is 27.9 Å². The molecule has 23 heavy (non-hydrogen) atoms. The van der Waals surface area contributed by atoms with Gasteiger partial charge in [0.25, 0.3) is 0 Å². The van der Waals surface area contributed by atoms with Gasteiger partial charge >= 0.3 is 19.0 Å². The highest BCUT2D eigenvalue weighted by molar-refractivity contribution is 7.57. The van der Waals surface area contributed by atoms with Gasteiger partial charge in [-0.2, -0.15) is 0 Å². The number of esters is 1. The van der Waals surface area contributed by atoms with Gasteiger partial charge in [-0.3, -0.25) is 9.36 Å². The molecule has 0 heterocycles. The van der Waals surface area contributed by atoms with Crippen molar-refractivity contribution in [1.29, 1.82) is 0 Å². The minimum atomic E-state index is -4.64. The predicted molar refractivity (Wildman–Crippen MR) is 82.9 cm³/mol. The first-order valence-electron chi connectivity index (χ1n) is 8.17. The molecule has 1 aliphatic rings. The van der Waals surface area contributed by atoms with E-state index in [2.05, 4.69) is 0 Å². The van der Waals surface area contributed by atoms with Crippen molar-refractivity contribution in [1.82, 2.24) is 0 Å². The fourth-order valence-electron chi connectivity index (χ4n) is 2.76. The molecule has 0 bridgehead atoms. The first-order chi connectivity index (χ1) is 10.9. The summed E-state index contributed by atoms with van der Waals surface area (Å²) in [4.78, 5) is 24.9. The standard InChI is InChI=1S/C15H26FO6P/c1-4-20-14(18)15(16,23(19,21-5-2)22-6-3)13(17)12-10-8-7-9-11-12/h12H,4-11H2,1-3H3. The van der Waals surface area contributed by atoms with Crippen LogP contribution in [-0.4, -0.2) is 37.0 Å². The van der Waals surface area contributed by atoms with Gasteiger partial charge in [0.05, 0.1) is 19.8 Å². The number of alkyl halides is 1. The Morgan fingerprint density at radius 3 is 2.00 bits per heavy atom. The third kappa shape index (κ3) is 4.20. The summed E-state index contributed by atoms with van der Waals surface area (Å²) < 4.78 is 43.1. The fourth-order valence-corrected chi connectivity index (χ4v) is 4.62. The van der Waals surface area contributed by atoms with Crippen LogP contribution in [0.3, 0.4) is 0 Å². The highest BCUT2D eigenvalue weighted by atomic mass is 31.2. The minimum absolute atomic E-state index is 0.138. The van der Waals surface area contributed by atoms with Gasteiger partial charge in [0.2, 0.25) is 0 Å². The van der Waals surface area contributed by atoms with E-state index >= 15 is 4.39 Å². The van der Waals surface area contributed by atoms with Crippen LogP contribution < -0.4 is 0 Å². The lowest BCUT2D eigenvalue weighted by atomic mass is 9.84. The summed E-state index contributed by atoms with van der Waals surface area (Å²) in [5, 5.41) is -3.41. The number of ketones is 1. The molecule has 1 rings (SSSR count). The van der Waals surface area contributed by atoms with Gasteiger partial charge in [0.1, 0.15) is 0 Å². The lowest BCUT2D eigenvalue weighted by Gasteiger charge is -2.32. The third-order valence-electron chi connectivity index (χ3n) is 3.82. The smallest absolute Gasteiger partial charge is 0.387 e. The van der Waals surface area contributed by atoms with E-state index in [-0.39, 0.29) is 19.8 Å². The minimum Gasteiger partial charge on any atom is -0.463 e. The van der Waals surface area contributed by atoms with E-state index in [9.17, 15) is 14.2 Å². The Morgan fingerprint density at radius 2 is 1.57 bits per heavy atom. The molecule has 1 fully saturated rings. The third-order valence-corrected chi connectivity index (χ3v) is 6.18. The van der Waals surface area contributed by atoms with Gasteiger partial charge in [0.15, 0.2) is 5.78 Å². The molecule has 0 saturated heterocycles. The Kier molecular flexibility index (Phi) is 7.84. The summed E-state index contributed by atoms with van der Waals surface area (Å²) in [6.45, 7) is 4.02. The summed E-state index contributed by atoms with van der Waals surface area (Å²) in [5.41, 5.74) is 0. The molecule has 1 atom stereocenters. The van der Waals surface area contributed by atoms with E-state index < -0.39 is 30.7 Å². The molecular formula is C15H26FO6P. The molecule has 1 saturated carbocycles. The maximum atomic E-state index is 15.6. The van der Waals surface area contributed by atoms with Crippen LogP contribution in [0.5, 0.6) is 0 Å². The van der Waals surface area contributed by atoms with Crippen LogP contribution in [0.1, 0.15) is 52.9 Å². The Hall–Kier alpha value is -0.780. The molecule has 0 radical (unpaired) electrons. The van der Waals surface area contributed by atoms with Crippen molar-refractivity contribution in [3.05, 3.63) is 0 Å². The summed E-state index contributed by atoms with van der Waals surface area (Å²) in [6.07, 6.45) is 3.41. The maximum Gasteiger partial charge on any atom is 0.387 e. The zero-order valence-electron chi connectivity index (χ0n) is 14.0. The summed E-state index contributed by atoms with van der Waals surface area (Å²) in [5.74, 6) is -3.20. The number of hydrogen-bond donors (Lipinski definition) is 0. The molecule has 0 aromatic rings. The Morgan fingerprint density at radius 1 is 1.04 bits per heavy atom. The SMILES string of the molecule is CCOC(=O)C(F)(C(=O)C1CCCCC1)P(=O)(OCC)OCC. The van der Waals surface area contributed by atoms with Crippen LogP contribution in [0.4, 0.5) is 4.39 Å². The zero-order chi connectivity index (χ0) is 17.5. The molecule has 0 aromatic carbocycles. The van der Waals surface area contributed by atoms with Crippen LogP contribution in [0, 0.1) is 5.92 Å². The number of carbonyl (C=O) groups is 2. The predicted octanol–water partition coefficient (Wildman–Crippen LogP) is 3.63. The first kappa shape index (κ1) is 20.3. The molecule has 6 nitrogen and oxygen atoms in total.